The van der Waals surface area contributed by atoms with Crippen LogP contribution in [0.2, 0.25) is 0 Å². The summed E-state index contributed by atoms with van der Waals surface area (Å²) in [7, 11) is 1.87. The molecule has 3 rings (SSSR count). The maximum atomic E-state index is 4.74. The van der Waals surface area contributed by atoms with Gasteiger partial charge >= 0.3 is 0 Å². The number of hydrogen-bond acceptors (Lipinski definition) is 3. The van der Waals surface area contributed by atoms with Crippen LogP contribution in [0.1, 0.15) is 30.3 Å². The zero-order valence-electron chi connectivity index (χ0n) is 16.2. The topological polar surface area (TPSA) is 45.4 Å². The minimum Gasteiger partial charge on any atom is -0.352 e. The molecule has 0 amide bonds. The van der Waals surface area contributed by atoms with E-state index in [0.717, 1.165) is 37.0 Å². The van der Waals surface area contributed by atoms with Crippen LogP contribution < -0.4 is 5.32 Å². The number of guanidine groups is 1. The van der Waals surface area contributed by atoms with Gasteiger partial charge < -0.3 is 10.2 Å². The van der Waals surface area contributed by atoms with Crippen LogP contribution in [0.25, 0.3) is 5.69 Å². The van der Waals surface area contributed by atoms with Crippen LogP contribution in [0.3, 0.4) is 0 Å². The highest BCUT2D eigenvalue weighted by atomic mass is 32.2. The first kappa shape index (κ1) is 18.8. The van der Waals surface area contributed by atoms with Gasteiger partial charge in [0, 0.05) is 48.9 Å². The molecular formula is C20H29N5S. The number of aliphatic imine (C=N–C) groups is 1. The minimum atomic E-state index is 0.701. The third-order valence-electron chi connectivity index (χ3n) is 4.97. The van der Waals surface area contributed by atoms with E-state index in [1.165, 1.54) is 23.4 Å². The zero-order valence-corrected chi connectivity index (χ0v) is 17.0. The zero-order chi connectivity index (χ0) is 18.5. The van der Waals surface area contributed by atoms with E-state index in [0.29, 0.717) is 5.25 Å². The lowest BCUT2D eigenvalue weighted by Gasteiger charge is -2.34. The maximum absolute atomic E-state index is 4.74. The molecule has 1 aromatic carbocycles. The van der Waals surface area contributed by atoms with Crippen molar-refractivity contribution in [3.63, 3.8) is 0 Å². The monoisotopic (exact) mass is 371 g/mol. The maximum Gasteiger partial charge on any atom is 0.193 e. The Hall–Kier alpha value is -1.95. The summed E-state index contributed by atoms with van der Waals surface area (Å²) in [6, 6.07) is 10.3. The predicted octanol–water partition coefficient (Wildman–Crippen LogP) is 3.39. The van der Waals surface area contributed by atoms with Crippen LogP contribution in [0.5, 0.6) is 0 Å². The van der Waals surface area contributed by atoms with Crippen molar-refractivity contribution in [2.24, 2.45) is 4.99 Å². The summed E-state index contributed by atoms with van der Waals surface area (Å²) in [6.45, 7) is 9.36. The van der Waals surface area contributed by atoms with Gasteiger partial charge in [-0.05, 0) is 32.4 Å². The summed E-state index contributed by atoms with van der Waals surface area (Å²) < 4.78 is 2.03. The van der Waals surface area contributed by atoms with E-state index in [4.69, 9.17) is 5.10 Å². The molecule has 2 aromatic rings. The van der Waals surface area contributed by atoms with Gasteiger partial charge in [0.1, 0.15) is 0 Å². The first-order valence-electron chi connectivity index (χ1n) is 9.31. The van der Waals surface area contributed by atoms with Crippen LogP contribution in [0.4, 0.5) is 0 Å². The molecular weight excluding hydrogens is 342 g/mol. The van der Waals surface area contributed by atoms with Crippen LogP contribution in [-0.4, -0.2) is 51.8 Å². The molecule has 0 saturated carbocycles. The second-order valence-corrected chi connectivity index (χ2v) is 8.05. The van der Waals surface area contributed by atoms with Crippen molar-refractivity contribution in [3.8, 4) is 5.69 Å². The van der Waals surface area contributed by atoms with Gasteiger partial charge in [0.25, 0.3) is 0 Å². The van der Waals surface area contributed by atoms with E-state index < -0.39 is 0 Å². The normalized spacial score (nSPS) is 18.2. The van der Waals surface area contributed by atoms with Gasteiger partial charge in [-0.25, -0.2) is 4.68 Å². The van der Waals surface area contributed by atoms with Crippen LogP contribution in [0, 0.1) is 13.8 Å². The molecule has 1 unspecified atom stereocenters. The van der Waals surface area contributed by atoms with E-state index in [1.807, 2.05) is 29.9 Å². The fraction of sp³-hybridized carbons (Fsp3) is 0.500. The molecule has 1 aromatic heterocycles. The molecule has 0 radical (unpaired) electrons. The number of aromatic nitrogens is 2. The average Bonchev–Trinajstić information content (AvgIpc) is 2.97. The molecule has 1 aliphatic rings. The number of rotatable bonds is 4. The van der Waals surface area contributed by atoms with Gasteiger partial charge in [-0.2, -0.15) is 16.9 Å². The SMILES string of the molecule is CCC1CN(C(=NC)NCc2c(C)nn(-c3ccccc3)c2C)CCS1. The fourth-order valence-corrected chi connectivity index (χ4v) is 4.59. The van der Waals surface area contributed by atoms with E-state index >= 15 is 0 Å². The summed E-state index contributed by atoms with van der Waals surface area (Å²) in [6.07, 6.45) is 1.21. The number of thioether (sulfide) groups is 1. The quantitative estimate of drug-likeness (QED) is 0.661. The molecule has 0 spiro atoms. The lowest BCUT2D eigenvalue weighted by atomic mass is 10.2. The number of para-hydroxylation sites is 1. The molecule has 1 aliphatic heterocycles. The summed E-state index contributed by atoms with van der Waals surface area (Å²) in [5, 5.41) is 9.00. The molecule has 140 valence electrons. The first-order valence-corrected chi connectivity index (χ1v) is 10.4. The van der Waals surface area contributed by atoms with Crippen LogP contribution in [-0.2, 0) is 6.54 Å². The van der Waals surface area contributed by atoms with Gasteiger partial charge in [-0.15, -0.1) is 0 Å². The summed E-state index contributed by atoms with van der Waals surface area (Å²) in [5.74, 6) is 2.17. The second kappa shape index (κ2) is 8.62. The van der Waals surface area contributed by atoms with Crippen molar-refractivity contribution < 1.29 is 0 Å². The molecule has 0 bridgehead atoms. The van der Waals surface area contributed by atoms with Gasteiger partial charge in [0.15, 0.2) is 5.96 Å². The molecule has 6 heteroatoms. The Bertz CT molecular complexity index is 753. The van der Waals surface area contributed by atoms with Gasteiger partial charge in [-0.3, -0.25) is 4.99 Å². The van der Waals surface area contributed by atoms with Crippen molar-refractivity contribution in [1.82, 2.24) is 20.0 Å². The van der Waals surface area contributed by atoms with Gasteiger partial charge in [-0.1, -0.05) is 25.1 Å². The van der Waals surface area contributed by atoms with Crippen molar-refractivity contribution in [2.45, 2.75) is 39.0 Å². The third kappa shape index (κ3) is 4.06. The lowest BCUT2D eigenvalue weighted by molar-refractivity contribution is 0.408. The van der Waals surface area contributed by atoms with Crippen molar-refractivity contribution in [1.29, 1.82) is 0 Å². The summed E-state index contributed by atoms with van der Waals surface area (Å²) in [4.78, 5) is 6.90. The number of nitrogens with zero attached hydrogens (tertiary/aromatic N) is 4. The van der Waals surface area contributed by atoms with E-state index in [-0.39, 0.29) is 0 Å². The molecule has 0 aliphatic carbocycles. The standard InChI is InChI=1S/C20H29N5S/c1-5-18-14-24(11-12-26-18)20(21-4)22-13-19-15(2)23-25(16(19)3)17-9-7-6-8-10-17/h6-10,18H,5,11-14H2,1-4H3,(H,21,22). The Morgan fingerprint density at radius 3 is 2.77 bits per heavy atom. The molecule has 2 heterocycles. The fourth-order valence-electron chi connectivity index (χ4n) is 3.41. The van der Waals surface area contributed by atoms with E-state index in [2.05, 4.69) is 59.9 Å². The Morgan fingerprint density at radius 2 is 2.08 bits per heavy atom. The number of benzene rings is 1. The Kier molecular flexibility index (Phi) is 6.25. The van der Waals surface area contributed by atoms with Crippen LogP contribution >= 0.6 is 11.8 Å². The Morgan fingerprint density at radius 1 is 1.31 bits per heavy atom. The third-order valence-corrected chi connectivity index (χ3v) is 6.34. The first-order chi connectivity index (χ1) is 12.6. The molecule has 1 fully saturated rings. The van der Waals surface area contributed by atoms with E-state index in [1.54, 1.807) is 0 Å². The van der Waals surface area contributed by atoms with Crippen molar-refractivity contribution >= 4 is 17.7 Å². The summed E-state index contributed by atoms with van der Waals surface area (Å²) in [5.41, 5.74) is 4.59. The molecule has 1 saturated heterocycles. The number of aryl methyl sites for hydroxylation is 1. The lowest BCUT2D eigenvalue weighted by Crippen LogP contribution is -2.47. The van der Waals surface area contributed by atoms with Crippen molar-refractivity contribution in [3.05, 3.63) is 47.3 Å². The number of nitrogens with one attached hydrogen (secondary N) is 1. The highest BCUT2D eigenvalue weighted by Crippen LogP contribution is 2.21. The highest BCUT2D eigenvalue weighted by molar-refractivity contribution is 8.00. The smallest absolute Gasteiger partial charge is 0.193 e. The molecule has 26 heavy (non-hydrogen) atoms. The highest BCUT2D eigenvalue weighted by Gasteiger charge is 2.22. The number of hydrogen-bond donors (Lipinski definition) is 1. The molecule has 5 nitrogen and oxygen atoms in total. The van der Waals surface area contributed by atoms with Crippen molar-refractivity contribution in [2.75, 3.05) is 25.9 Å². The second-order valence-electron chi connectivity index (χ2n) is 6.64. The Labute approximate surface area is 160 Å². The Balaban J connectivity index is 1.72. The largest absolute Gasteiger partial charge is 0.352 e. The average molecular weight is 372 g/mol. The van der Waals surface area contributed by atoms with E-state index in [9.17, 15) is 0 Å². The molecule has 1 atom stereocenters. The van der Waals surface area contributed by atoms with Crippen LogP contribution in [0.15, 0.2) is 35.3 Å². The predicted molar refractivity (Wildman–Crippen MR) is 111 cm³/mol. The van der Waals surface area contributed by atoms with Gasteiger partial charge in [0.2, 0.25) is 0 Å². The van der Waals surface area contributed by atoms with Gasteiger partial charge in [0.05, 0.1) is 11.4 Å². The minimum absolute atomic E-state index is 0.701. The molecule has 1 N–H and O–H groups in total. The summed E-state index contributed by atoms with van der Waals surface area (Å²) >= 11 is 2.08.